The summed E-state index contributed by atoms with van der Waals surface area (Å²) in [4.78, 5) is 15.4. The fourth-order valence-corrected chi connectivity index (χ4v) is 1.65. The van der Waals surface area contributed by atoms with Gasteiger partial charge in [-0.15, -0.1) is 0 Å². The maximum Gasteiger partial charge on any atom is 0.339 e. The molecule has 0 atom stereocenters. The van der Waals surface area contributed by atoms with Crippen molar-refractivity contribution in [1.82, 2.24) is 9.38 Å². The number of nitrogen functional groups attached to an aromatic ring is 1. The summed E-state index contributed by atoms with van der Waals surface area (Å²) in [6.45, 7) is 0. The summed E-state index contributed by atoms with van der Waals surface area (Å²) in [6.07, 6.45) is 1.59. The highest BCUT2D eigenvalue weighted by Crippen LogP contribution is 2.20. The molecule has 0 unspecified atom stereocenters. The normalized spacial score (nSPS) is 10.5. The Morgan fingerprint density at radius 1 is 1.60 bits per heavy atom. The highest BCUT2D eigenvalue weighted by atomic mass is 79.9. The largest absolute Gasteiger partial charge is 0.465 e. The van der Waals surface area contributed by atoms with E-state index >= 15 is 0 Å². The summed E-state index contributed by atoms with van der Waals surface area (Å²) in [5.74, 6) is 0.0527. The molecule has 0 radical (unpaired) electrons. The van der Waals surface area contributed by atoms with Gasteiger partial charge >= 0.3 is 5.97 Å². The van der Waals surface area contributed by atoms with Crippen molar-refractivity contribution in [3.8, 4) is 0 Å². The molecule has 2 aromatic heterocycles. The number of hydrogen-bond donors (Lipinski definition) is 1. The molecule has 0 aliphatic heterocycles. The SMILES string of the molecule is COC(=O)c1ccc2nc(Br)c(N)n2c1. The summed E-state index contributed by atoms with van der Waals surface area (Å²) in [5.41, 5.74) is 6.86. The average Bonchev–Trinajstić information content (AvgIpc) is 2.54. The highest BCUT2D eigenvalue weighted by molar-refractivity contribution is 9.10. The third-order valence-electron chi connectivity index (χ3n) is 2.03. The molecule has 0 spiro atoms. The lowest BCUT2D eigenvalue weighted by molar-refractivity contribution is 0.0600. The molecule has 0 aromatic carbocycles. The average molecular weight is 270 g/mol. The molecule has 2 heterocycles. The Morgan fingerprint density at radius 3 is 3.00 bits per heavy atom. The van der Waals surface area contributed by atoms with E-state index in [1.165, 1.54) is 7.11 Å². The molecule has 2 N–H and O–H groups in total. The smallest absolute Gasteiger partial charge is 0.339 e. The Bertz CT molecular complexity index is 535. The molecule has 15 heavy (non-hydrogen) atoms. The number of aromatic nitrogens is 2. The third-order valence-corrected chi connectivity index (χ3v) is 2.62. The van der Waals surface area contributed by atoms with Crippen molar-refractivity contribution in [3.63, 3.8) is 0 Å². The van der Waals surface area contributed by atoms with Crippen LogP contribution in [0.4, 0.5) is 5.82 Å². The molecule has 0 amide bonds. The van der Waals surface area contributed by atoms with Gasteiger partial charge in [0.15, 0.2) is 0 Å². The number of nitrogens with zero attached hydrogens (tertiary/aromatic N) is 2. The second-order valence-corrected chi connectivity index (χ2v) is 3.68. The van der Waals surface area contributed by atoms with Crippen LogP contribution in [-0.2, 0) is 4.74 Å². The fraction of sp³-hybridized carbons (Fsp3) is 0.111. The predicted molar refractivity (Wildman–Crippen MR) is 58.6 cm³/mol. The molecular formula is C9H8BrN3O2. The molecule has 2 rings (SSSR count). The summed E-state index contributed by atoms with van der Waals surface area (Å²) < 4.78 is 6.79. The zero-order valence-corrected chi connectivity index (χ0v) is 9.48. The van der Waals surface area contributed by atoms with Gasteiger partial charge in [0.2, 0.25) is 0 Å². The monoisotopic (exact) mass is 269 g/mol. The number of ether oxygens (including phenoxy) is 1. The van der Waals surface area contributed by atoms with Gasteiger partial charge < -0.3 is 10.5 Å². The van der Waals surface area contributed by atoms with E-state index in [2.05, 4.69) is 25.7 Å². The Morgan fingerprint density at radius 2 is 2.33 bits per heavy atom. The minimum absolute atomic E-state index is 0.402. The predicted octanol–water partition coefficient (Wildman–Crippen LogP) is 1.47. The zero-order valence-electron chi connectivity index (χ0n) is 7.90. The zero-order chi connectivity index (χ0) is 11.0. The molecule has 0 aliphatic carbocycles. The number of carbonyl (C=O) groups excluding carboxylic acids is 1. The number of pyridine rings is 1. The highest BCUT2D eigenvalue weighted by Gasteiger charge is 2.10. The lowest BCUT2D eigenvalue weighted by Crippen LogP contribution is -2.03. The van der Waals surface area contributed by atoms with Gasteiger partial charge in [-0.2, -0.15) is 0 Å². The lowest BCUT2D eigenvalue weighted by atomic mass is 10.3. The van der Waals surface area contributed by atoms with E-state index in [-0.39, 0.29) is 0 Å². The number of carbonyl (C=O) groups is 1. The second-order valence-electron chi connectivity index (χ2n) is 2.93. The summed E-state index contributed by atoms with van der Waals surface area (Å²) >= 11 is 3.21. The van der Waals surface area contributed by atoms with Gasteiger partial charge in [-0.3, -0.25) is 4.40 Å². The van der Waals surface area contributed by atoms with E-state index in [9.17, 15) is 4.79 Å². The molecule has 0 bridgehead atoms. The van der Waals surface area contributed by atoms with Crippen LogP contribution in [0.5, 0.6) is 0 Å². The van der Waals surface area contributed by atoms with Crippen LogP contribution in [0.25, 0.3) is 5.65 Å². The van der Waals surface area contributed by atoms with E-state index in [0.717, 1.165) is 0 Å². The van der Waals surface area contributed by atoms with Crippen molar-refractivity contribution >= 4 is 33.4 Å². The van der Waals surface area contributed by atoms with Crippen LogP contribution in [-0.4, -0.2) is 22.5 Å². The van der Waals surface area contributed by atoms with Crippen LogP contribution in [0.1, 0.15) is 10.4 Å². The van der Waals surface area contributed by atoms with Crippen molar-refractivity contribution in [3.05, 3.63) is 28.5 Å². The number of fused-ring (bicyclic) bond motifs is 1. The second kappa shape index (κ2) is 3.54. The molecule has 5 nitrogen and oxygen atoms in total. The van der Waals surface area contributed by atoms with Crippen LogP contribution in [0.15, 0.2) is 22.9 Å². The topological polar surface area (TPSA) is 69.6 Å². The van der Waals surface area contributed by atoms with Gasteiger partial charge in [-0.1, -0.05) is 0 Å². The van der Waals surface area contributed by atoms with E-state index < -0.39 is 5.97 Å². The number of nitrogens with two attached hydrogens (primary N) is 1. The molecule has 2 aromatic rings. The minimum atomic E-state index is -0.402. The molecular weight excluding hydrogens is 262 g/mol. The first-order chi connectivity index (χ1) is 7.13. The van der Waals surface area contributed by atoms with E-state index in [4.69, 9.17) is 5.73 Å². The van der Waals surface area contributed by atoms with E-state index in [1.807, 2.05) is 0 Å². The number of methoxy groups -OCH3 is 1. The van der Waals surface area contributed by atoms with Crippen molar-refractivity contribution in [2.45, 2.75) is 0 Å². The Balaban J connectivity index is 2.64. The van der Waals surface area contributed by atoms with Crippen LogP contribution in [0, 0.1) is 0 Å². The molecule has 0 saturated carbocycles. The van der Waals surface area contributed by atoms with Crippen molar-refractivity contribution in [2.24, 2.45) is 0 Å². The van der Waals surface area contributed by atoms with Gasteiger partial charge in [0.25, 0.3) is 0 Å². The number of halogens is 1. The lowest BCUT2D eigenvalue weighted by Gasteiger charge is -2.00. The van der Waals surface area contributed by atoms with Crippen molar-refractivity contribution in [1.29, 1.82) is 0 Å². The van der Waals surface area contributed by atoms with Crippen LogP contribution in [0.3, 0.4) is 0 Å². The quantitative estimate of drug-likeness (QED) is 0.796. The van der Waals surface area contributed by atoms with Crippen LogP contribution in [0.2, 0.25) is 0 Å². The minimum Gasteiger partial charge on any atom is -0.465 e. The Kier molecular flexibility index (Phi) is 2.36. The van der Waals surface area contributed by atoms with Crippen molar-refractivity contribution < 1.29 is 9.53 Å². The number of imidazole rings is 1. The number of hydrogen-bond acceptors (Lipinski definition) is 4. The van der Waals surface area contributed by atoms with Crippen LogP contribution >= 0.6 is 15.9 Å². The van der Waals surface area contributed by atoms with E-state index in [0.29, 0.717) is 21.6 Å². The first-order valence-electron chi connectivity index (χ1n) is 4.15. The fourth-order valence-electron chi connectivity index (χ4n) is 1.27. The van der Waals surface area contributed by atoms with Gasteiger partial charge in [-0.05, 0) is 28.1 Å². The summed E-state index contributed by atoms with van der Waals surface area (Å²) in [5, 5.41) is 0. The molecule has 6 heteroatoms. The van der Waals surface area contributed by atoms with Gasteiger partial charge in [0, 0.05) is 6.20 Å². The summed E-state index contributed by atoms with van der Waals surface area (Å²) in [6, 6.07) is 3.34. The van der Waals surface area contributed by atoms with Gasteiger partial charge in [-0.25, -0.2) is 9.78 Å². The van der Waals surface area contributed by atoms with Gasteiger partial charge in [0.1, 0.15) is 16.1 Å². The standard InChI is InChI=1S/C9H8BrN3O2/c1-15-9(14)5-2-3-6-12-7(10)8(11)13(6)4-5/h2-4H,11H2,1H3. The molecule has 78 valence electrons. The first kappa shape index (κ1) is 9.97. The maximum absolute atomic E-state index is 11.3. The van der Waals surface area contributed by atoms with Crippen molar-refractivity contribution in [2.75, 3.05) is 12.8 Å². The molecule has 0 fully saturated rings. The third kappa shape index (κ3) is 1.56. The molecule has 0 saturated heterocycles. The van der Waals surface area contributed by atoms with Crippen LogP contribution < -0.4 is 5.73 Å². The number of rotatable bonds is 1. The maximum atomic E-state index is 11.3. The number of anilines is 1. The first-order valence-corrected chi connectivity index (χ1v) is 4.94. The summed E-state index contributed by atoms with van der Waals surface area (Å²) in [7, 11) is 1.33. The Labute approximate surface area is 94.0 Å². The van der Waals surface area contributed by atoms with E-state index in [1.54, 1.807) is 22.7 Å². The number of esters is 1. The Hall–Kier alpha value is -1.56. The van der Waals surface area contributed by atoms with Gasteiger partial charge in [0.05, 0.1) is 12.7 Å². The molecule has 0 aliphatic rings.